The Morgan fingerprint density at radius 1 is 1.10 bits per heavy atom. The predicted octanol–water partition coefficient (Wildman–Crippen LogP) is 3.43. The van der Waals surface area contributed by atoms with Crippen LogP contribution in [0.15, 0.2) is 24.3 Å². The number of hydrogen-bond donors (Lipinski definition) is 1. The van der Waals surface area contributed by atoms with Crippen molar-refractivity contribution in [1.29, 1.82) is 0 Å². The van der Waals surface area contributed by atoms with E-state index >= 15 is 0 Å². The van der Waals surface area contributed by atoms with Crippen LogP contribution in [0.3, 0.4) is 0 Å². The van der Waals surface area contributed by atoms with Gasteiger partial charge in [-0.2, -0.15) is 0 Å². The third-order valence-electron chi connectivity index (χ3n) is 3.23. The van der Waals surface area contributed by atoms with Crippen molar-refractivity contribution in [2.45, 2.75) is 33.7 Å². The van der Waals surface area contributed by atoms with Crippen LogP contribution in [0.25, 0.3) is 0 Å². The summed E-state index contributed by atoms with van der Waals surface area (Å²) in [6, 6.07) is 6.69. The van der Waals surface area contributed by atoms with Gasteiger partial charge < -0.3 is 9.84 Å². The SMILES string of the molecule is COc1ccc(C(C(=O)O)N(CC(C)C)CC(C)C)cc1. The fourth-order valence-electron chi connectivity index (χ4n) is 2.52. The van der Waals surface area contributed by atoms with Crippen molar-refractivity contribution in [3.8, 4) is 5.75 Å². The van der Waals surface area contributed by atoms with Crippen molar-refractivity contribution >= 4 is 5.97 Å². The fraction of sp³-hybridized carbons (Fsp3) is 0.588. The van der Waals surface area contributed by atoms with Crippen LogP contribution in [0, 0.1) is 11.8 Å². The fourth-order valence-corrected chi connectivity index (χ4v) is 2.52. The van der Waals surface area contributed by atoms with Crippen molar-refractivity contribution in [3.05, 3.63) is 29.8 Å². The third-order valence-corrected chi connectivity index (χ3v) is 3.23. The molecule has 4 heteroatoms. The average molecular weight is 293 g/mol. The lowest BCUT2D eigenvalue weighted by Gasteiger charge is -2.32. The van der Waals surface area contributed by atoms with Crippen LogP contribution < -0.4 is 4.74 Å². The Kier molecular flexibility index (Phi) is 6.69. The molecule has 0 radical (unpaired) electrons. The van der Waals surface area contributed by atoms with Crippen molar-refractivity contribution in [3.63, 3.8) is 0 Å². The molecule has 0 heterocycles. The lowest BCUT2D eigenvalue weighted by atomic mass is 10.0. The number of benzene rings is 1. The molecule has 1 N–H and O–H groups in total. The van der Waals surface area contributed by atoms with Crippen molar-refractivity contribution in [2.75, 3.05) is 20.2 Å². The van der Waals surface area contributed by atoms with Crippen LogP contribution in [-0.4, -0.2) is 36.2 Å². The van der Waals surface area contributed by atoms with Gasteiger partial charge in [0.15, 0.2) is 0 Å². The molecule has 1 rings (SSSR count). The lowest BCUT2D eigenvalue weighted by Crippen LogP contribution is -2.39. The quantitative estimate of drug-likeness (QED) is 0.797. The summed E-state index contributed by atoms with van der Waals surface area (Å²) in [7, 11) is 1.60. The van der Waals surface area contributed by atoms with Crippen molar-refractivity contribution in [2.24, 2.45) is 11.8 Å². The Morgan fingerprint density at radius 2 is 1.57 bits per heavy atom. The highest BCUT2D eigenvalue weighted by Gasteiger charge is 2.28. The van der Waals surface area contributed by atoms with E-state index in [0.717, 1.165) is 24.4 Å². The highest BCUT2D eigenvalue weighted by Crippen LogP contribution is 2.25. The van der Waals surface area contributed by atoms with Crippen LogP contribution >= 0.6 is 0 Å². The minimum Gasteiger partial charge on any atom is -0.497 e. The van der Waals surface area contributed by atoms with Crippen molar-refractivity contribution < 1.29 is 14.6 Å². The van der Waals surface area contributed by atoms with Gasteiger partial charge in [-0.15, -0.1) is 0 Å². The summed E-state index contributed by atoms with van der Waals surface area (Å²) in [6.07, 6.45) is 0. The van der Waals surface area contributed by atoms with Gasteiger partial charge in [0.2, 0.25) is 0 Å². The first-order valence-electron chi connectivity index (χ1n) is 7.46. The van der Waals surface area contributed by atoms with E-state index in [0.29, 0.717) is 11.8 Å². The maximum atomic E-state index is 11.8. The molecule has 1 unspecified atom stereocenters. The standard InChI is InChI=1S/C17H27NO3/c1-12(2)10-18(11-13(3)4)16(17(19)20)14-6-8-15(21-5)9-7-14/h6-9,12-13,16H,10-11H2,1-5H3,(H,19,20). The molecule has 0 aromatic heterocycles. The number of carboxylic acid groups (broad SMARTS) is 1. The van der Waals surface area contributed by atoms with Crippen molar-refractivity contribution in [1.82, 2.24) is 4.90 Å². The molecule has 1 aromatic carbocycles. The Morgan fingerprint density at radius 3 is 1.90 bits per heavy atom. The summed E-state index contributed by atoms with van der Waals surface area (Å²) in [5.74, 6) is 0.774. The predicted molar refractivity (Wildman–Crippen MR) is 84.6 cm³/mol. The molecule has 1 atom stereocenters. The number of carbonyl (C=O) groups is 1. The van der Waals surface area contributed by atoms with Gasteiger partial charge in [0.1, 0.15) is 11.8 Å². The molecule has 0 aliphatic carbocycles. The second kappa shape index (κ2) is 8.03. The number of hydrogen-bond acceptors (Lipinski definition) is 3. The normalized spacial score (nSPS) is 13.0. The van der Waals surface area contributed by atoms with Gasteiger partial charge in [0, 0.05) is 13.1 Å². The van der Waals surface area contributed by atoms with E-state index < -0.39 is 12.0 Å². The van der Waals surface area contributed by atoms with Crippen LogP contribution in [0.4, 0.5) is 0 Å². The molecule has 1 aromatic rings. The zero-order valence-electron chi connectivity index (χ0n) is 13.7. The maximum Gasteiger partial charge on any atom is 0.325 e. The lowest BCUT2D eigenvalue weighted by molar-refractivity contribution is -0.144. The zero-order chi connectivity index (χ0) is 16.0. The molecule has 0 aliphatic rings. The molecule has 0 saturated carbocycles. The van der Waals surface area contributed by atoms with Gasteiger partial charge in [-0.3, -0.25) is 9.69 Å². The first-order chi connectivity index (χ1) is 9.85. The number of carboxylic acids is 1. The highest BCUT2D eigenvalue weighted by atomic mass is 16.5. The van der Waals surface area contributed by atoms with Crippen LogP contribution in [0.1, 0.15) is 39.3 Å². The highest BCUT2D eigenvalue weighted by molar-refractivity contribution is 5.75. The molecule has 0 fully saturated rings. The summed E-state index contributed by atoms with van der Waals surface area (Å²) in [4.78, 5) is 13.8. The van der Waals surface area contributed by atoms with E-state index in [9.17, 15) is 9.90 Å². The van der Waals surface area contributed by atoms with E-state index in [1.165, 1.54) is 0 Å². The largest absolute Gasteiger partial charge is 0.497 e. The Bertz CT molecular complexity index is 430. The van der Waals surface area contributed by atoms with E-state index in [2.05, 4.69) is 32.6 Å². The molecular weight excluding hydrogens is 266 g/mol. The number of nitrogens with zero attached hydrogens (tertiary/aromatic N) is 1. The number of rotatable bonds is 8. The Hall–Kier alpha value is -1.55. The maximum absolute atomic E-state index is 11.8. The van der Waals surface area contributed by atoms with E-state index in [4.69, 9.17) is 4.74 Å². The molecule has 0 aliphatic heterocycles. The smallest absolute Gasteiger partial charge is 0.325 e. The second-order valence-corrected chi connectivity index (χ2v) is 6.26. The van der Waals surface area contributed by atoms with E-state index in [-0.39, 0.29) is 0 Å². The van der Waals surface area contributed by atoms with Crippen LogP contribution in [0.2, 0.25) is 0 Å². The van der Waals surface area contributed by atoms with E-state index in [1.807, 2.05) is 24.3 Å². The Labute approximate surface area is 127 Å². The summed E-state index contributed by atoms with van der Waals surface area (Å²) in [5, 5.41) is 9.68. The monoisotopic (exact) mass is 293 g/mol. The molecular formula is C17H27NO3. The molecule has 0 bridgehead atoms. The van der Waals surface area contributed by atoms with Crippen LogP contribution in [-0.2, 0) is 4.79 Å². The molecule has 0 saturated heterocycles. The summed E-state index contributed by atoms with van der Waals surface area (Å²) in [5.41, 5.74) is 0.796. The van der Waals surface area contributed by atoms with Gasteiger partial charge in [-0.1, -0.05) is 39.8 Å². The number of methoxy groups -OCH3 is 1. The third kappa shape index (κ3) is 5.38. The summed E-state index contributed by atoms with van der Waals surface area (Å²) in [6.45, 7) is 9.98. The van der Waals surface area contributed by atoms with Gasteiger partial charge in [-0.25, -0.2) is 0 Å². The minimum absolute atomic E-state index is 0.420. The Balaban J connectivity index is 3.06. The summed E-state index contributed by atoms with van der Waals surface area (Å²) < 4.78 is 5.14. The topological polar surface area (TPSA) is 49.8 Å². The van der Waals surface area contributed by atoms with Crippen LogP contribution in [0.5, 0.6) is 5.75 Å². The first kappa shape index (κ1) is 17.5. The molecule has 4 nitrogen and oxygen atoms in total. The minimum atomic E-state index is -0.804. The number of aliphatic carboxylic acids is 1. The van der Waals surface area contributed by atoms with Gasteiger partial charge in [0.25, 0.3) is 0 Å². The first-order valence-corrected chi connectivity index (χ1v) is 7.46. The summed E-state index contributed by atoms with van der Waals surface area (Å²) >= 11 is 0. The molecule has 21 heavy (non-hydrogen) atoms. The second-order valence-electron chi connectivity index (χ2n) is 6.26. The van der Waals surface area contributed by atoms with Gasteiger partial charge in [-0.05, 0) is 29.5 Å². The molecule has 118 valence electrons. The van der Waals surface area contributed by atoms with Gasteiger partial charge in [0.05, 0.1) is 7.11 Å². The molecule has 0 spiro atoms. The van der Waals surface area contributed by atoms with E-state index in [1.54, 1.807) is 7.11 Å². The average Bonchev–Trinajstić information content (AvgIpc) is 2.37. The zero-order valence-corrected chi connectivity index (χ0v) is 13.7. The molecule has 0 amide bonds. The number of ether oxygens (including phenoxy) is 1. The van der Waals surface area contributed by atoms with Gasteiger partial charge >= 0.3 is 5.97 Å².